The lowest BCUT2D eigenvalue weighted by atomic mass is 10.2. The highest BCUT2D eigenvalue weighted by Crippen LogP contribution is 2.22. The Hall–Kier alpha value is -1.97. The lowest BCUT2D eigenvalue weighted by molar-refractivity contribution is -0.384. The number of aromatic amines is 1. The third-order valence-corrected chi connectivity index (χ3v) is 3.71. The van der Waals surface area contributed by atoms with Crippen LogP contribution in [0.5, 0.6) is 0 Å². The Morgan fingerprint density at radius 2 is 2.15 bits per heavy atom. The highest BCUT2D eigenvalue weighted by atomic mass is 127. The number of non-ortho nitro benzene ring substituents is 1. The molecule has 0 saturated heterocycles. The normalized spacial score (nSPS) is 10.3. The van der Waals surface area contributed by atoms with E-state index in [1.807, 2.05) is 22.6 Å². The van der Waals surface area contributed by atoms with Gasteiger partial charge in [0.05, 0.1) is 27.6 Å². The smallest absolute Gasteiger partial charge is 0.270 e. The molecular weight excluding hydrogens is 375 g/mol. The molecule has 0 saturated carbocycles. The summed E-state index contributed by atoms with van der Waals surface area (Å²) in [6, 6.07) is 4.18. The molecule has 0 atom stereocenters. The summed E-state index contributed by atoms with van der Waals surface area (Å²) in [4.78, 5) is 22.5. The average molecular weight is 386 g/mol. The highest BCUT2D eigenvalue weighted by Gasteiger charge is 2.17. The molecule has 0 spiro atoms. The van der Waals surface area contributed by atoms with Crippen LogP contribution in [0.3, 0.4) is 0 Å². The first kappa shape index (κ1) is 14.4. The van der Waals surface area contributed by atoms with Crippen LogP contribution in [0, 0.1) is 27.5 Å². The van der Waals surface area contributed by atoms with E-state index in [1.54, 1.807) is 19.9 Å². The van der Waals surface area contributed by atoms with Gasteiger partial charge >= 0.3 is 0 Å². The van der Waals surface area contributed by atoms with E-state index in [0.29, 0.717) is 15.0 Å². The van der Waals surface area contributed by atoms with Gasteiger partial charge in [0.1, 0.15) is 0 Å². The first-order valence-electron chi connectivity index (χ1n) is 5.67. The summed E-state index contributed by atoms with van der Waals surface area (Å²) >= 11 is 1.97. The fourth-order valence-corrected chi connectivity index (χ4v) is 2.30. The number of hydrogen-bond donors (Lipinski definition) is 2. The first-order valence-corrected chi connectivity index (χ1v) is 6.75. The van der Waals surface area contributed by atoms with Gasteiger partial charge in [-0.15, -0.1) is 0 Å². The second-order valence-electron chi connectivity index (χ2n) is 4.18. The van der Waals surface area contributed by atoms with Gasteiger partial charge in [-0.05, 0) is 42.5 Å². The van der Waals surface area contributed by atoms with Gasteiger partial charge in [0.2, 0.25) is 0 Å². The monoisotopic (exact) mass is 386 g/mol. The topological polar surface area (TPSA) is 101 Å². The van der Waals surface area contributed by atoms with Crippen LogP contribution in [0.25, 0.3) is 0 Å². The molecule has 0 aliphatic heterocycles. The molecule has 0 fully saturated rings. The van der Waals surface area contributed by atoms with Crippen LogP contribution >= 0.6 is 22.6 Å². The lowest BCUT2D eigenvalue weighted by Gasteiger charge is -2.07. The van der Waals surface area contributed by atoms with Crippen molar-refractivity contribution < 1.29 is 9.72 Å². The van der Waals surface area contributed by atoms with E-state index >= 15 is 0 Å². The third-order valence-electron chi connectivity index (χ3n) is 2.77. The molecule has 0 aliphatic carbocycles. The fourth-order valence-electron chi connectivity index (χ4n) is 1.72. The SMILES string of the molecule is Cc1n[nH]c(C)c1NC(=O)c1cc([N+](=O)[O-])ccc1I. The number of nitrogens with zero attached hydrogens (tertiary/aromatic N) is 2. The van der Waals surface area contributed by atoms with Crippen LogP contribution in [0.1, 0.15) is 21.7 Å². The van der Waals surface area contributed by atoms with Crippen molar-refractivity contribution in [2.45, 2.75) is 13.8 Å². The van der Waals surface area contributed by atoms with E-state index < -0.39 is 10.8 Å². The van der Waals surface area contributed by atoms with Crippen molar-refractivity contribution in [3.05, 3.63) is 48.8 Å². The minimum atomic E-state index is -0.527. The number of anilines is 1. The summed E-state index contributed by atoms with van der Waals surface area (Å²) in [5.41, 5.74) is 2.14. The number of rotatable bonds is 3. The predicted octanol–water partition coefficient (Wildman–Crippen LogP) is 2.79. The Balaban J connectivity index is 2.34. The van der Waals surface area contributed by atoms with E-state index in [0.717, 1.165) is 5.69 Å². The van der Waals surface area contributed by atoms with Gasteiger partial charge in [-0.25, -0.2) is 0 Å². The molecule has 1 aromatic carbocycles. The summed E-state index contributed by atoms with van der Waals surface area (Å²) in [5, 5.41) is 20.2. The maximum absolute atomic E-state index is 12.2. The molecule has 1 amide bonds. The zero-order valence-electron chi connectivity index (χ0n) is 10.7. The Labute approximate surface area is 128 Å². The quantitative estimate of drug-likeness (QED) is 0.481. The third kappa shape index (κ3) is 2.79. The molecule has 0 unspecified atom stereocenters. The van der Waals surface area contributed by atoms with Crippen LogP contribution < -0.4 is 5.32 Å². The maximum Gasteiger partial charge on any atom is 0.270 e. The van der Waals surface area contributed by atoms with E-state index in [1.165, 1.54) is 12.1 Å². The number of aromatic nitrogens is 2. The number of carbonyl (C=O) groups is 1. The van der Waals surface area contributed by atoms with Crippen molar-refractivity contribution in [2.24, 2.45) is 0 Å². The molecule has 8 heteroatoms. The molecule has 2 rings (SSSR count). The van der Waals surface area contributed by atoms with Crippen LogP contribution in [0.4, 0.5) is 11.4 Å². The molecule has 0 bridgehead atoms. The summed E-state index contributed by atoms with van der Waals surface area (Å²) in [7, 11) is 0. The van der Waals surface area contributed by atoms with Crippen LogP contribution in [-0.4, -0.2) is 21.0 Å². The molecule has 0 aliphatic rings. The molecule has 0 radical (unpaired) electrons. The first-order chi connectivity index (χ1) is 9.40. The van der Waals surface area contributed by atoms with Crippen LogP contribution in [-0.2, 0) is 0 Å². The van der Waals surface area contributed by atoms with Gasteiger partial charge in [0.25, 0.3) is 11.6 Å². The number of aryl methyl sites for hydroxylation is 2. The second kappa shape index (κ2) is 5.57. The summed E-state index contributed by atoms with van der Waals surface area (Å²) in [5.74, 6) is -0.397. The molecular formula is C12H11IN4O3. The van der Waals surface area contributed by atoms with E-state index in [9.17, 15) is 14.9 Å². The number of hydrogen-bond acceptors (Lipinski definition) is 4. The Kier molecular flexibility index (Phi) is 4.02. The van der Waals surface area contributed by atoms with Crippen molar-refractivity contribution in [1.29, 1.82) is 0 Å². The summed E-state index contributed by atoms with van der Waals surface area (Å²) < 4.78 is 0.643. The van der Waals surface area contributed by atoms with Gasteiger partial charge in [-0.2, -0.15) is 5.10 Å². The van der Waals surface area contributed by atoms with Gasteiger partial charge in [-0.3, -0.25) is 20.0 Å². The molecule has 2 aromatic rings. The van der Waals surface area contributed by atoms with Gasteiger partial charge in [-0.1, -0.05) is 0 Å². The van der Waals surface area contributed by atoms with Gasteiger partial charge in [0, 0.05) is 15.7 Å². The van der Waals surface area contributed by atoms with Crippen LogP contribution in [0.2, 0.25) is 0 Å². The zero-order chi connectivity index (χ0) is 14.9. The average Bonchev–Trinajstić information content (AvgIpc) is 2.70. The molecule has 104 valence electrons. The van der Waals surface area contributed by atoms with Crippen molar-refractivity contribution in [3.8, 4) is 0 Å². The van der Waals surface area contributed by atoms with Gasteiger partial charge in [0.15, 0.2) is 0 Å². The fraction of sp³-hybridized carbons (Fsp3) is 0.167. The number of H-pyrrole nitrogens is 1. The summed E-state index contributed by atoms with van der Waals surface area (Å²) in [6.45, 7) is 3.55. The van der Waals surface area contributed by atoms with E-state index in [4.69, 9.17) is 0 Å². The Bertz CT molecular complexity index is 677. The molecule has 1 aromatic heterocycles. The largest absolute Gasteiger partial charge is 0.319 e. The number of carbonyl (C=O) groups excluding carboxylic acids is 1. The Morgan fingerprint density at radius 1 is 1.45 bits per heavy atom. The van der Waals surface area contributed by atoms with Crippen molar-refractivity contribution in [3.63, 3.8) is 0 Å². The Morgan fingerprint density at radius 3 is 2.70 bits per heavy atom. The zero-order valence-corrected chi connectivity index (χ0v) is 12.9. The number of nitro benzene ring substituents is 1. The highest BCUT2D eigenvalue weighted by molar-refractivity contribution is 14.1. The van der Waals surface area contributed by atoms with E-state index in [-0.39, 0.29) is 11.3 Å². The number of nitro groups is 1. The number of halogens is 1. The number of nitrogens with one attached hydrogen (secondary N) is 2. The molecule has 2 N–H and O–H groups in total. The van der Waals surface area contributed by atoms with Crippen molar-refractivity contribution in [1.82, 2.24) is 10.2 Å². The predicted molar refractivity (Wildman–Crippen MR) is 81.8 cm³/mol. The maximum atomic E-state index is 12.2. The van der Waals surface area contributed by atoms with E-state index in [2.05, 4.69) is 15.5 Å². The second-order valence-corrected chi connectivity index (χ2v) is 5.35. The summed E-state index contributed by atoms with van der Waals surface area (Å²) in [6.07, 6.45) is 0. The van der Waals surface area contributed by atoms with Gasteiger partial charge < -0.3 is 5.32 Å². The molecule has 20 heavy (non-hydrogen) atoms. The molecule has 7 nitrogen and oxygen atoms in total. The lowest BCUT2D eigenvalue weighted by Crippen LogP contribution is -2.14. The number of amides is 1. The minimum absolute atomic E-state index is 0.115. The molecule has 1 heterocycles. The number of benzene rings is 1. The van der Waals surface area contributed by atoms with Crippen molar-refractivity contribution in [2.75, 3.05) is 5.32 Å². The van der Waals surface area contributed by atoms with Crippen molar-refractivity contribution >= 4 is 39.9 Å². The minimum Gasteiger partial charge on any atom is -0.319 e. The van der Waals surface area contributed by atoms with Crippen LogP contribution in [0.15, 0.2) is 18.2 Å². The standard InChI is InChI=1S/C12H11IN4O3/c1-6-11(7(2)16-15-6)14-12(18)9-5-8(17(19)20)3-4-10(9)13/h3-5H,1-2H3,(H,14,18)(H,15,16).